The third kappa shape index (κ3) is 3.61. The molecule has 0 saturated carbocycles. The molecule has 1 aromatic heterocycles. The standard InChI is InChI=1S/C13H13F2N3O/c1-2-16-13-7-17-10(6-18-13)8-19-12-4-3-9(14)5-11(12)15/h3-7H,2,8H2,1H3,(H,16,18). The van der Waals surface area contributed by atoms with E-state index in [2.05, 4.69) is 15.3 Å². The van der Waals surface area contributed by atoms with Crippen LogP contribution in [-0.2, 0) is 6.61 Å². The number of ether oxygens (including phenoxy) is 1. The minimum absolute atomic E-state index is 0.0149. The van der Waals surface area contributed by atoms with Crippen LogP contribution in [-0.4, -0.2) is 16.5 Å². The molecule has 0 saturated heterocycles. The Morgan fingerprint density at radius 2 is 2.05 bits per heavy atom. The summed E-state index contributed by atoms with van der Waals surface area (Å²) in [4.78, 5) is 8.22. The number of benzene rings is 1. The molecule has 0 radical (unpaired) electrons. The average molecular weight is 265 g/mol. The Kier molecular flexibility index (Phi) is 4.22. The zero-order valence-corrected chi connectivity index (χ0v) is 10.4. The maximum atomic E-state index is 13.3. The summed E-state index contributed by atoms with van der Waals surface area (Å²) in [7, 11) is 0. The molecule has 0 aliphatic carbocycles. The summed E-state index contributed by atoms with van der Waals surface area (Å²) in [5.74, 6) is -0.727. The second kappa shape index (κ2) is 6.08. The molecule has 2 aromatic rings. The SMILES string of the molecule is CCNc1cnc(COc2ccc(F)cc2F)cn1. The molecule has 100 valence electrons. The van der Waals surface area contributed by atoms with Gasteiger partial charge < -0.3 is 10.1 Å². The van der Waals surface area contributed by atoms with Crippen molar-refractivity contribution in [2.75, 3.05) is 11.9 Å². The number of rotatable bonds is 5. The quantitative estimate of drug-likeness (QED) is 0.903. The van der Waals surface area contributed by atoms with Gasteiger partial charge in [0.25, 0.3) is 0 Å². The van der Waals surface area contributed by atoms with Gasteiger partial charge >= 0.3 is 0 Å². The van der Waals surface area contributed by atoms with Crippen molar-refractivity contribution in [3.8, 4) is 5.75 Å². The van der Waals surface area contributed by atoms with E-state index in [0.717, 1.165) is 18.7 Å². The molecular formula is C13H13F2N3O. The van der Waals surface area contributed by atoms with Crippen LogP contribution in [0.5, 0.6) is 5.75 Å². The van der Waals surface area contributed by atoms with Crippen LogP contribution in [0.25, 0.3) is 0 Å². The summed E-state index contributed by atoms with van der Waals surface area (Å²) in [6.07, 6.45) is 3.11. The normalized spacial score (nSPS) is 10.3. The smallest absolute Gasteiger partial charge is 0.167 e. The van der Waals surface area contributed by atoms with E-state index < -0.39 is 11.6 Å². The fraction of sp³-hybridized carbons (Fsp3) is 0.231. The summed E-state index contributed by atoms with van der Waals surface area (Å²) in [6.45, 7) is 2.78. The number of nitrogens with one attached hydrogen (secondary N) is 1. The van der Waals surface area contributed by atoms with Gasteiger partial charge in [0.1, 0.15) is 18.2 Å². The van der Waals surface area contributed by atoms with Crippen molar-refractivity contribution in [3.05, 3.63) is 47.9 Å². The van der Waals surface area contributed by atoms with Crippen molar-refractivity contribution in [1.29, 1.82) is 0 Å². The zero-order valence-electron chi connectivity index (χ0n) is 10.4. The number of halogens is 2. The molecule has 4 nitrogen and oxygen atoms in total. The topological polar surface area (TPSA) is 47.0 Å². The molecule has 1 heterocycles. The lowest BCUT2D eigenvalue weighted by atomic mass is 10.3. The van der Waals surface area contributed by atoms with E-state index in [9.17, 15) is 8.78 Å². The van der Waals surface area contributed by atoms with Crippen molar-refractivity contribution in [2.45, 2.75) is 13.5 Å². The molecule has 1 N–H and O–H groups in total. The molecule has 6 heteroatoms. The molecule has 0 fully saturated rings. The summed E-state index contributed by atoms with van der Waals surface area (Å²) < 4.78 is 31.2. The molecule has 1 aromatic carbocycles. The van der Waals surface area contributed by atoms with Gasteiger partial charge in [-0.2, -0.15) is 0 Å². The van der Waals surface area contributed by atoms with Crippen LogP contribution in [0.3, 0.4) is 0 Å². The van der Waals surface area contributed by atoms with E-state index in [1.807, 2.05) is 6.92 Å². The number of anilines is 1. The van der Waals surface area contributed by atoms with Crippen LogP contribution in [0.1, 0.15) is 12.6 Å². The van der Waals surface area contributed by atoms with E-state index >= 15 is 0 Å². The fourth-order valence-corrected chi connectivity index (χ4v) is 1.45. The fourth-order valence-electron chi connectivity index (χ4n) is 1.45. The molecule has 0 amide bonds. The Hall–Kier alpha value is -2.24. The Balaban J connectivity index is 1.98. The van der Waals surface area contributed by atoms with Gasteiger partial charge in [0.2, 0.25) is 0 Å². The molecule has 0 spiro atoms. The van der Waals surface area contributed by atoms with Crippen LogP contribution in [0.4, 0.5) is 14.6 Å². The van der Waals surface area contributed by atoms with Crippen molar-refractivity contribution in [1.82, 2.24) is 9.97 Å². The molecule has 0 bridgehead atoms. The number of hydrogen-bond donors (Lipinski definition) is 1. The predicted octanol–water partition coefficient (Wildman–Crippen LogP) is 2.77. The van der Waals surface area contributed by atoms with Gasteiger partial charge in [-0.15, -0.1) is 0 Å². The van der Waals surface area contributed by atoms with Crippen LogP contribution >= 0.6 is 0 Å². The average Bonchev–Trinajstić information content (AvgIpc) is 2.40. The van der Waals surface area contributed by atoms with E-state index in [-0.39, 0.29) is 12.4 Å². The Morgan fingerprint density at radius 3 is 2.68 bits per heavy atom. The molecule has 0 unspecified atom stereocenters. The predicted molar refractivity (Wildman–Crippen MR) is 66.9 cm³/mol. The lowest BCUT2D eigenvalue weighted by Gasteiger charge is -2.07. The highest BCUT2D eigenvalue weighted by atomic mass is 19.1. The van der Waals surface area contributed by atoms with Crippen molar-refractivity contribution < 1.29 is 13.5 Å². The van der Waals surface area contributed by atoms with Crippen LogP contribution in [0.2, 0.25) is 0 Å². The van der Waals surface area contributed by atoms with Gasteiger partial charge in [0.05, 0.1) is 18.1 Å². The number of hydrogen-bond acceptors (Lipinski definition) is 4. The second-order valence-corrected chi connectivity index (χ2v) is 3.79. The van der Waals surface area contributed by atoms with Gasteiger partial charge in [-0.1, -0.05) is 0 Å². The maximum absolute atomic E-state index is 13.3. The maximum Gasteiger partial charge on any atom is 0.167 e. The monoisotopic (exact) mass is 265 g/mol. The first-order chi connectivity index (χ1) is 9.19. The first-order valence-electron chi connectivity index (χ1n) is 5.81. The lowest BCUT2D eigenvalue weighted by Crippen LogP contribution is -2.04. The molecule has 0 aliphatic heterocycles. The first-order valence-corrected chi connectivity index (χ1v) is 5.81. The minimum Gasteiger partial charge on any atom is -0.484 e. The lowest BCUT2D eigenvalue weighted by molar-refractivity contribution is 0.284. The zero-order chi connectivity index (χ0) is 13.7. The summed E-state index contributed by atoms with van der Waals surface area (Å²) >= 11 is 0. The van der Waals surface area contributed by atoms with Gasteiger partial charge in [0.15, 0.2) is 11.6 Å². The van der Waals surface area contributed by atoms with Crippen molar-refractivity contribution in [3.63, 3.8) is 0 Å². The van der Waals surface area contributed by atoms with Crippen LogP contribution in [0.15, 0.2) is 30.6 Å². The highest BCUT2D eigenvalue weighted by Gasteiger charge is 2.05. The molecule has 0 aliphatic rings. The molecular weight excluding hydrogens is 252 g/mol. The second-order valence-electron chi connectivity index (χ2n) is 3.79. The van der Waals surface area contributed by atoms with Gasteiger partial charge in [-0.25, -0.2) is 13.8 Å². The van der Waals surface area contributed by atoms with Gasteiger partial charge in [-0.05, 0) is 19.1 Å². The van der Waals surface area contributed by atoms with Gasteiger partial charge in [-0.3, -0.25) is 4.98 Å². The highest BCUT2D eigenvalue weighted by Crippen LogP contribution is 2.18. The summed E-state index contributed by atoms with van der Waals surface area (Å²) in [5, 5.41) is 3.01. The van der Waals surface area contributed by atoms with Crippen LogP contribution < -0.4 is 10.1 Å². The van der Waals surface area contributed by atoms with Crippen molar-refractivity contribution in [2.24, 2.45) is 0 Å². The molecule has 19 heavy (non-hydrogen) atoms. The van der Waals surface area contributed by atoms with Crippen molar-refractivity contribution >= 4 is 5.82 Å². The summed E-state index contributed by atoms with van der Waals surface area (Å²) in [5.41, 5.74) is 0.561. The van der Waals surface area contributed by atoms with E-state index in [4.69, 9.17) is 4.74 Å². The Bertz CT molecular complexity index is 546. The molecule has 0 atom stereocenters. The van der Waals surface area contributed by atoms with E-state index in [1.54, 1.807) is 12.4 Å². The number of aromatic nitrogens is 2. The molecule has 2 rings (SSSR count). The van der Waals surface area contributed by atoms with E-state index in [0.29, 0.717) is 11.5 Å². The first kappa shape index (κ1) is 13.2. The van der Waals surface area contributed by atoms with Gasteiger partial charge in [0, 0.05) is 12.6 Å². The van der Waals surface area contributed by atoms with E-state index in [1.165, 1.54) is 6.07 Å². The highest BCUT2D eigenvalue weighted by molar-refractivity contribution is 5.30. The Morgan fingerprint density at radius 1 is 1.21 bits per heavy atom. The Labute approximate surface area is 109 Å². The third-order valence-corrected chi connectivity index (χ3v) is 2.33. The minimum atomic E-state index is -0.739. The largest absolute Gasteiger partial charge is 0.484 e. The number of nitrogens with zero attached hydrogens (tertiary/aromatic N) is 2. The third-order valence-electron chi connectivity index (χ3n) is 2.33. The summed E-state index contributed by atoms with van der Waals surface area (Å²) in [6, 6.07) is 3.15. The van der Waals surface area contributed by atoms with Crippen LogP contribution in [0, 0.1) is 11.6 Å².